The topological polar surface area (TPSA) is 80.3 Å². The molecule has 0 saturated carbocycles. The molecule has 0 aliphatic carbocycles. The van der Waals surface area contributed by atoms with Crippen molar-refractivity contribution in [2.24, 2.45) is 14.1 Å². The zero-order chi connectivity index (χ0) is 21.0. The third-order valence-corrected chi connectivity index (χ3v) is 5.87. The highest BCUT2D eigenvalue weighted by atomic mass is 79.9. The van der Waals surface area contributed by atoms with E-state index in [0.29, 0.717) is 48.4 Å². The molecule has 10 heteroatoms. The van der Waals surface area contributed by atoms with Crippen molar-refractivity contribution in [2.75, 3.05) is 32.7 Å². The fraction of sp³-hybridized carbons (Fsp3) is 0.421. The normalized spacial score (nSPS) is 11.4. The Labute approximate surface area is 180 Å². The van der Waals surface area contributed by atoms with Crippen LogP contribution in [0.3, 0.4) is 0 Å². The maximum Gasteiger partial charge on any atom is 0.332 e. The van der Waals surface area contributed by atoms with E-state index in [-0.39, 0.29) is 5.56 Å². The second kappa shape index (κ2) is 9.75. The summed E-state index contributed by atoms with van der Waals surface area (Å²) in [5.74, 6) is 0.666. The molecule has 29 heavy (non-hydrogen) atoms. The second-order valence-corrected chi connectivity index (χ2v) is 8.42. The molecule has 0 aliphatic heterocycles. The quantitative estimate of drug-likeness (QED) is 0.342. The van der Waals surface area contributed by atoms with Crippen LogP contribution < -0.4 is 11.2 Å². The molecule has 2 aromatic heterocycles. The molecule has 8 nitrogen and oxygen atoms in total. The van der Waals surface area contributed by atoms with E-state index in [1.54, 1.807) is 14.2 Å². The fourth-order valence-electron chi connectivity index (χ4n) is 2.94. The number of aryl methyl sites for hydroxylation is 1. The minimum absolute atomic E-state index is 0.353. The highest BCUT2D eigenvalue weighted by molar-refractivity contribution is 9.10. The number of halogens is 1. The Kier molecular flexibility index (Phi) is 7.33. The van der Waals surface area contributed by atoms with E-state index in [1.807, 2.05) is 28.8 Å². The summed E-state index contributed by atoms with van der Waals surface area (Å²) in [7, 11) is 4.74. The maximum absolute atomic E-state index is 12.9. The van der Waals surface area contributed by atoms with Gasteiger partial charge in [0.15, 0.2) is 16.3 Å². The summed E-state index contributed by atoms with van der Waals surface area (Å²) in [6.07, 6.45) is 0. The minimum atomic E-state index is -0.394. The van der Waals surface area contributed by atoms with Crippen LogP contribution in [0.2, 0.25) is 0 Å². The van der Waals surface area contributed by atoms with Crippen molar-refractivity contribution in [3.8, 4) is 0 Å². The highest BCUT2D eigenvalue weighted by Crippen LogP contribution is 2.23. The molecule has 3 rings (SSSR count). The van der Waals surface area contributed by atoms with Gasteiger partial charge in [-0.25, -0.2) is 9.78 Å². The molecule has 0 fully saturated rings. The third-order valence-electron chi connectivity index (χ3n) is 4.43. The number of thioether (sulfide) groups is 1. The van der Waals surface area contributed by atoms with E-state index >= 15 is 0 Å². The van der Waals surface area contributed by atoms with Gasteiger partial charge in [0.2, 0.25) is 0 Å². The first-order chi connectivity index (χ1) is 13.9. The van der Waals surface area contributed by atoms with Crippen LogP contribution in [0.4, 0.5) is 0 Å². The van der Waals surface area contributed by atoms with Gasteiger partial charge in [-0.05, 0) is 17.7 Å². The number of hydrogen-bond donors (Lipinski definition) is 0. The van der Waals surface area contributed by atoms with Gasteiger partial charge < -0.3 is 14.0 Å². The van der Waals surface area contributed by atoms with Gasteiger partial charge in [0.05, 0.1) is 26.4 Å². The summed E-state index contributed by atoms with van der Waals surface area (Å²) >= 11 is 4.98. The van der Waals surface area contributed by atoms with Crippen LogP contribution in [0.15, 0.2) is 43.5 Å². The fourth-order valence-corrected chi connectivity index (χ4v) is 4.23. The molecule has 0 N–H and O–H groups in total. The van der Waals surface area contributed by atoms with Crippen molar-refractivity contribution >= 4 is 38.9 Å². The van der Waals surface area contributed by atoms with Crippen LogP contribution in [0.25, 0.3) is 11.2 Å². The predicted octanol–water partition coefficient (Wildman–Crippen LogP) is 2.00. The Morgan fingerprint density at radius 3 is 2.66 bits per heavy atom. The minimum Gasteiger partial charge on any atom is -0.382 e. The van der Waals surface area contributed by atoms with Gasteiger partial charge in [-0.2, -0.15) is 0 Å². The molecular weight excluding hydrogens is 460 g/mol. The number of benzene rings is 1. The van der Waals surface area contributed by atoms with E-state index in [4.69, 9.17) is 9.47 Å². The van der Waals surface area contributed by atoms with Crippen molar-refractivity contribution in [2.45, 2.75) is 11.7 Å². The number of imidazole rings is 1. The van der Waals surface area contributed by atoms with E-state index in [1.165, 1.54) is 23.4 Å². The molecule has 3 aromatic rings. The van der Waals surface area contributed by atoms with Gasteiger partial charge in [0, 0.05) is 31.4 Å². The lowest BCUT2D eigenvalue weighted by molar-refractivity contribution is 0.0790. The number of nitrogens with zero attached hydrogens (tertiary/aromatic N) is 4. The largest absolute Gasteiger partial charge is 0.382 e. The maximum atomic E-state index is 12.9. The van der Waals surface area contributed by atoms with E-state index in [2.05, 4.69) is 20.9 Å². The summed E-state index contributed by atoms with van der Waals surface area (Å²) in [6.45, 7) is 2.08. The summed E-state index contributed by atoms with van der Waals surface area (Å²) in [6, 6.07) is 7.89. The van der Waals surface area contributed by atoms with E-state index in [9.17, 15) is 9.59 Å². The molecule has 156 valence electrons. The number of aromatic nitrogens is 4. The van der Waals surface area contributed by atoms with Crippen LogP contribution >= 0.6 is 27.7 Å². The Morgan fingerprint density at radius 2 is 1.93 bits per heavy atom. The summed E-state index contributed by atoms with van der Waals surface area (Å²) in [5.41, 5.74) is 1.07. The molecule has 1 aromatic carbocycles. The van der Waals surface area contributed by atoms with Crippen molar-refractivity contribution in [1.82, 2.24) is 18.7 Å². The molecule has 0 radical (unpaired) electrons. The van der Waals surface area contributed by atoms with Gasteiger partial charge in [-0.3, -0.25) is 13.9 Å². The van der Waals surface area contributed by atoms with Crippen LogP contribution in [0.5, 0.6) is 0 Å². The van der Waals surface area contributed by atoms with Gasteiger partial charge in [0.25, 0.3) is 5.56 Å². The van der Waals surface area contributed by atoms with E-state index in [0.717, 1.165) is 14.6 Å². The Bertz CT molecular complexity index is 1120. The first kappa shape index (κ1) is 21.8. The molecule has 2 heterocycles. The molecule has 0 amide bonds. The van der Waals surface area contributed by atoms with Gasteiger partial charge in [-0.1, -0.05) is 39.8 Å². The standard InChI is InChI=1S/C19H23BrN4O4S/c1-22-16-15(17(25)23(2)19(22)26)24(12-13-5-4-6-14(20)11-13)18(21-16)29-10-9-28-8-7-27-3/h4-6,11H,7-10,12H2,1-3H3. The monoisotopic (exact) mass is 482 g/mol. The predicted molar refractivity (Wildman–Crippen MR) is 117 cm³/mol. The first-order valence-corrected chi connectivity index (χ1v) is 10.8. The van der Waals surface area contributed by atoms with Gasteiger partial charge >= 0.3 is 5.69 Å². The van der Waals surface area contributed by atoms with Crippen molar-refractivity contribution in [3.05, 3.63) is 55.1 Å². The number of ether oxygens (including phenoxy) is 2. The molecule has 0 saturated heterocycles. The second-order valence-electron chi connectivity index (χ2n) is 6.44. The Hall–Kier alpha value is -1.88. The van der Waals surface area contributed by atoms with Crippen molar-refractivity contribution < 1.29 is 9.47 Å². The first-order valence-electron chi connectivity index (χ1n) is 9.04. The van der Waals surface area contributed by atoms with Gasteiger partial charge in [0.1, 0.15) is 0 Å². The summed E-state index contributed by atoms with van der Waals surface area (Å²) in [5, 5.41) is 0.675. The summed E-state index contributed by atoms with van der Waals surface area (Å²) < 4.78 is 15.8. The molecule has 0 atom stereocenters. The third kappa shape index (κ3) is 4.82. The van der Waals surface area contributed by atoms with Gasteiger partial charge in [-0.15, -0.1) is 0 Å². The zero-order valence-electron chi connectivity index (χ0n) is 16.6. The smallest absolute Gasteiger partial charge is 0.332 e. The number of methoxy groups -OCH3 is 1. The zero-order valence-corrected chi connectivity index (χ0v) is 19.0. The molecule has 0 unspecified atom stereocenters. The van der Waals surface area contributed by atoms with Crippen molar-refractivity contribution in [1.29, 1.82) is 0 Å². The van der Waals surface area contributed by atoms with Crippen LogP contribution in [-0.2, 0) is 30.1 Å². The Balaban J connectivity index is 1.99. The van der Waals surface area contributed by atoms with Crippen LogP contribution in [0.1, 0.15) is 5.56 Å². The highest BCUT2D eigenvalue weighted by Gasteiger charge is 2.19. The lowest BCUT2D eigenvalue weighted by Gasteiger charge is -2.10. The van der Waals surface area contributed by atoms with Crippen molar-refractivity contribution in [3.63, 3.8) is 0 Å². The summed E-state index contributed by atoms with van der Waals surface area (Å²) in [4.78, 5) is 29.8. The lowest BCUT2D eigenvalue weighted by atomic mass is 10.2. The SMILES string of the molecule is COCCOCCSc1nc2c(c(=O)n(C)c(=O)n2C)n1Cc1cccc(Br)c1. The molecule has 0 spiro atoms. The number of fused-ring (bicyclic) bond motifs is 1. The molecule has 0 aliphatic rings. The molecular formula is C19H23BrN4O4S. The number of rotatable bonds is 9. The van der Waals surface area contributed by atoms with Crippen LogP contribution in [-0.4, -0.2) is 51.4 Å². The lowest BCUT2D eigenvalue weighted by Crippen LogP contribution is -2.37. The average Bonchev–Trinajstić information content (AvgIpc) is 3.06. The molecule has 0 bridgehead atoms. The van der Waals surface area contributed by atoms with Crippen LogP contribution in [0, 0.1) is 0 Å². The Morgan fingerprint density at radius 1 is 1.14 bits per heavy atom. The van der Waals surface area contributed by atoms with E-state index < -0.39 is 5.69 Å². The number of hydrogen-bond acceptors (Lipinski definition) is 6. The average molecular weight is 483 g/mol.